The molecule has 0 aromatic heterocycles. The first-order valence-corrected chi connectivity index (χ1v) is 7.88. The second kappa shape index (κ2) is 6.17. The van der Waals surface area contributed by atoms with Crippen molar-refractivity contribution in [2.75, 3.05) is 0 Å². The summed E-state index contributed by atoms with van der Waals surface area (Å²) in [5.74, 6) is 0. The number of hydrogen-bond acceptors (Lipinski definition) is 3. The van der Waals surface area contributed by atoms with Gasteiger partial charge < -0.3 is 0 Å². The average molecular weight is 295 g/mol. The first-order chi connectivity index (χ1) is 9.00. The Morgan fingerprint density at radius 2 is 2.11 bits per heavy atom. The predicted octanol–water partition coefficient (Wildman–Crippen LogP) is 4.24. The van der Waals surface area contributed by atoms with Gasteiger partial charge in [-0.25, -0.2) is 0 Å². The summed E-state index contributed by atoms with van der Waals surface area (Å²) in [6.07, 6.45) is 3.25. The van der Waals surface area contributed by atoms with Gasteiger partial charge in [0.1, 0.15) is 5.54 Å². The minimum atomic E-state index is -0.417. The molecule has 4 heteroatoms. The van der Waals surface area contributed by atoms with E-state index in [9.17, 15) is 5.26 Å². The van der Waals surface area contributed by atoms with Crippen LogP contribution in [0.25, 0.3) is 0 Å². The standard InChI is InChI=1S/C15H19ClN2S/c1-11(19-14-7-3-12(16)4-8-14)9-15(2,10-17)18-13-5-6-13/h3-4,7-8,11,13,18H,5-6,9H2,1-2H3. The minimum Gasteiger partial charge on any atom is -0.297 e. The fourth-order valence-corrected chi connectivity index (χ4v) is 3.48. The largest absolute Gasteiger partial charge is 0.297 e. The van der Waals surface area contributed by atoms with Crippen LogP contribution < -0.4 is 5.32 Å². The van der Waals surface area contributed by atoms with Crippen LogP contribution in [-0.2, 0) is 0 Å². The average Bonchev–Trinajstić information content (AvgIpc) is 3.15. The van der Waals surface area contributed by atoms with Crippen molar-refractivity contribution in [3.63, 3.8) is 0 Å². The Morgan fingerprint density at radius 3 is 2.63 bits per heavy atom. The molecule has 1 N–H and O–H groups in total. The van der Waals surface area contributed by atoms with Crippen molar-refractivity contribution in [2.45, 2.75) is 54.8 Å². The summed E-state index contributed by atoms with van der Waals surface area (Å²) in [7, 11) is 0. The van der Waals surface area contributed by atoms with Crippen molar-refractivity contribution >= 4 is 23.4 Å². The van der Waals surface area contributed by atoms with Crippen LogP contribution in [0.4, 0.5) is 0 Å². The monoisotopic (exact) mass is 294 g/mol. The highest BCUT2D eigenvalue weighted by atomic mass is 35.5. The van der Waals surface area contributed by atoms with Crippen LogP contribution in [0.3, 0.4) is 0 Å². The van der Waals surface area contributed by atoms with Crippen LogP contribution in [0.15, 0.2) is 29.2 Å². The molecular weight excluding hydrogens is 276 g/mol. The smallest absolute Gasteiger partial charge is 0.105 e. The lowest BCUT2D eigenvalue weighted by atomic mass is 9.98. The van der Waals surface area contributed by atoms with Crippen molar-refractivity contribution in [3.8, 4) is 6.07 Å². The number of rotatable bonds is 6. The zero-order valence-electron chi connectivity index (χ0n) is 11.3. The zero-order valence-corrected chi connectivity index (χ0v) is 12.9. The van der Waals surface area contributed by atoms with Gasteiger partial charge in [-0.15, -0.1) is 11.8 Å². The van der Waals surface area contributed by atoms with Crippen LogP contribution in [0.1, 0.15) is 33.1 Å². The molecule has 0 aliphatic heterocycles. The first kappa shape index (κ1) is 14.7. The zero-order chi connectivity index (χ0) is 13.9. The maximum atomic E-state index is 9.37. The molecule has 2 nitrogen and oxygen atoms in total. The third-order valence-corrected chi connectivity index (χ3v) is 4.56. The summed E-state index contributed by atoms with van der Waals surface area (Å²) in [6.45, 7) is 4.17. The Balaban J connectivity index is 1.90. The lowest BCUT2D eigenvalue weighted by Crippen LogP contribution is -2.44. The van der Waals surface area contributed by atoms with Gasteiger partial charge in [0.05, 0.1) is 6.07 Å². The molecule has 0 heterocycles. The summed E-state index contributed by atoms with van der Waals surface area (Å²) < 4.78 is 0. The lowest BCUT2D eigenvalue weighted by molar-refractivity contribution is 0.415. The third kappa shape index (κ3) is 4.72. The van der Waals surface area contributed by atoms with E-state index in [2.05, 4.69) is 18.3 Å². The summed E-state index contributed by atoms with van der Waals surface area (Å²) in [4.78, 5) is 1.20. The highest BCUT2D eigenvalue weighted by molar-refractivity contribution is 7.99. The van der Waals surface area contributed by atoms with Crippen molar-refractivity contribution in [1.29, 1.82) is 5.26 Å². The molecule has 0 amide bonds. The molecule has 1 saturated carbocycles. The maximum Gasteiger partial charge on any atom is 0.105 e. The van der Waals surface area contributed by atoms with Gasteiger partial charge in [0.15, 0.2) is 0 Å². The molecule has 19 heavy (non-hydrogen) atoms. The van der Waals surface area contributed by atoms with Crippen LogP contribution in [-0.4, -0.2) is 16.8 Å². The Morgan fingerprint density at radius 1 is 1.47 bits per heavy atom. The Hall–Kier alpha value is -0.690. The van der Waals surface area contributed by atoms with Crippen molar-refractivity contribution in [2.24, 2.45) is 0 Å². The van der Waals surface area contributed by atoms with E-state index in [1.54, 1.807) is 11.8 Å². The second-order valence-electron chi connectivity index (χ2n) is 5.45. The van der Waals surface area contributed by atoms with Crippen LogP contribution in [0.2, 0.25) is 5.02 Å². The fourth-order valence-electron chi connectivity index (χ4n) is 2.18. The normalized spacial score (nSPS) is 19.5. The second-order valence-corrected chi connectivity index (χ2v) is 7.40. The van der Waals surface area contributed by atoms with E-state index in [0.717, 1.165) is 11.4 Å². The molecule has 1 fully saturated rings. The van der Waals surface area contributed by atoms with E-state index >= 15 is 0 Å². The SMILES string of the molecule is CC(CC(C)(C#N)NC1CC1)Sc1ccc(Cl)cc1. The number of thioether (sulfide) groups is 1. The molecule has 0 bridgehead atoms. The Labute approximate surface area is 124 Å². The van der Waals surface area contributed by atoms with Gasteiger partial charge in [-0.2, -0.15) is 5.26 Å². The Kier molecular flexibility index (Phi) is 4.78. The van der Waals surface area contributed by atoms with Crippen LogP contribution >= 0.6 is 23.4 Å². The van der Waals surface area contributed by atoms with Gasteiger partial charge in [0, 0.05) is 21.2 Å². The molecular formula is C15H19ClN2S. The van der Waals surface area contributed by atoms with E-state index in [4.69, 9.17) is 11.6 Å². The number of nitrogens with one attached hydrogen (secondary N) is 1. The van der Waals surface area contributed by atoms with E-state index in [1.807, 2.05) is 31.2 Å². The number of halogens is 1. The van der Waals surface area contributed by atoms with E-state index in [-0.39, 0.29) is 0 Å². The summed E-state index contributed by atoms with van der Waals surface area (Å²) in [5.41, 5.74) is -0.417. The molecule has 102 valence electrons. The highest BCUT2D eigenvalue weighted by Gasteiger charge is 2.33. The topological polar surface area (TPSA) is 35.8 Å². The summed E-state index contributed by atoms with van der Waals surface area (Å²) in [5, 5.41) is 14.0. The predicted molar refractivity (Wildman–Crippen MR) is 81.6 cm³/mol. The molecule has 2 unspecified atom stereocenters. The molecule has 2 atom stereocenters. The quantitative estimate of drug-likeness (QED) is 0.797. The molecule has 1 aromatic rings. The number of benzene rings is 1. The van der Waals surface area contributed by atoms with Gasteiger partial charge in [-0.1, -0.05) is 18.5 Å². The van der Waals surface area contributed by atoms with Crippen molar-refractivity contribution in [3.05, 3.63) is 29.3 Å². The fraction of sp³-hybridized carbons (Fsp3) is 0.533. The van der Waals surface area contributed by atoms with Gasteiger partial charge in [0.2, 0.25) is 0 Å². The molecule has 1 aliphatic carbocycles. The minimum absolute atomic E-state index is 0.386. The first-order valence-electron chi connectivity index (χ1n) is 6.62. The summed E-state index contributed by atoms with van der Waals surface area (Å²) in [6, 6.07) is 10.9. The summed E-state index contributed by atoms with van der Waals surface area (Å²) >= 11 is 7.67. The highest BCUT2D eigenvalue weighted by Crippen LogP contribution is 2.31. The molecule has 0 spiro atoms. The Bertz CT molecular complexity index is 464. The van der Waals surface area contributed by atoms with Crippen molar-refractivity contribution in [1.82, 2.24) is 5.32 Å². The van der Waals surface area contributed by atoms with Gasteiger partial charge in [0.25, 0.3) is 0 Å². The number of hydrogen-bond donors (Lipinski definition) is 1. The molecule has 2 rings (SSSR count). The van der Waals surface area contributed by atoms with Crippen molar-refractivity contribution < 1.29 is 0 Å². The van der Waals surface area contributed by atoms with E-state index in [0.29, 0.717) is 11.3 Å². The molecule has 0 radical (unpaired) electrons. The van der Waals surface area contributed by atoms with Crippen LogP contribution in [0.5, 0.6) is 0 Å². The molecule has 0 saturated heterocycles. The lowest BCUT2D eigenvalue weighted by Gasteiger charge is -2.26. The van der Waals surface area contributed by atoms with Crippen LogP contribution in [0, 0.1) is 11.3 Å². The van der Waals surface area contributed by atoms with E-state index < -0.39 is 5.54 Å². The maximum absolute atomic E-state index is 9.37. The van der Waals surface area contributed by atoms with E-state index in [1.165, 1.54) is 17.7 Å². The van der Waals surface area contributed by atoms with Gasteiger partial charge >= 0.3 is 0 Å². The third-order valence-electron chi connectivity index (χ3n) is 3.19. The molecule has 1 aliphatic rings. The number of nitrogens with zero attached hydrogens (tertiary/aromatic N) is 1. The molecule has 1 aromatic carbocycles. The number of nitriles is 1. The van der Waals surface area contributed by atoms with Gasteiger partial charge in [-0.05, 0) is 50.5 Å². The van der Waals surface area contributed by atoms with Gasteiger partial charge in [-0.3, -0.25) is 5.32 Å².